The fraction of sp³-hybridized carbons (Fsp3) is 0.455. The monoisotopic (exact) mass is 182 g/mol. The Balaban J connectivity index is 2.33. The minimum absolute atomic E-state index is 0.631. The van der Waals surface area contributed by atoms with Crippen LogP contribution in [0.1, 0.15) is 18.9 Å². The second kappa shape index (κ2) is 5.21. The summed E-state index contributed by atoms with van der Waals surface area (Å²) in [7, 11) is 0. The molecule has 0 aliphatic heterocycles. The van der Waals surface area contributed by atoms with E-state index < -0.39 is 0 Å². The summed E-state index contributed by atoms with van der Waals surface area (Å²) in [6.07, 6.45) is 2.34. The van der Waals surface area contributed by atoms with Gasteiger partial charge in [-0.15, -0.1) is 11.6 Å². The van der Waals surface area contributed by atoms with E-state index in [9.17, 15) is 0 Å². The highest BCUT2D eigenvalue weighted by Crippen LogP contribution is 2.10. The van der Waals surface area contributed by atoms with Gasteiger partial charge >= 0.3 is 0 Å². The third kappa shape index (κ3) is 3.27. The number of benzene rings is 1. The molecule has 0 bridgehead atoms. The van der Waals surface area contributed by atoms with Crippen molar-refractivity contribution in [2.45, 2.75) is 19.8 Å². The molecule has 0 amide bonds. The molecule has 1 unspecified atom stereocenters. The van der Waals surface area contributed by atoms with Crippen LogP contribution in [0.2, 0.25) is 0 Å². The van der Waals surface area contributed by atoms with Crippen LogP contribution >= 0.6 is 11.6 Å². The quantitative estimate of drug-likeness (QED) is 0.626. The lowest BCUT2D eigenvalue weighted by molar-refractivity contribution is 0.593. The number of alkyl halides is 1. The summed E-state index contributed by atoms with van der Waals surface area (Å²) in [5, 5.41) is 0. The molecular formula is C11H15Cl. The first-order chi connectivity index (χ1) is 5.83. The summed E-state index contributed by atoms with van der Waals surface area (Å²) in [5.41, 5.74) is 1.41. The number of aryl methyl sites for hydroxylation is 1. The van der Waals surface area contributed by atoms with Crippen LogP contribution in [0.4, 0.5) is 0 Å². The molecule has 0 heterocycles. The van der Waals surface area contributed by atoms with E-state index in [1.165, 1.54) is 12.0 Å². The zero-order chi connectivity index (χ0) is 8.81. The normalized spacial score (nSPS) is 12.8. The minimum Gasteiger partial charge on any atom is -0.126 e. The van der Waals surface area contributed by atoms with Gasteiger partial charge in [-0.3, -0.25) is 0 Å². The predicted octanol–water partition coefficient (Wildman–Crippen LogP) is 3.49. The molecule has 1 aromatic rings. The van der Waals surface area contributed by atoms with E-state index in [2.05, 4.69) is 37.3 Å². The summed E-state index contributed by atoms with van der Waals surface area (Å²) >= 11 is 5.72. The van der Waals surface area contributed by atoms with Crippen molar-refractivity contribution in [3.63, 3.8) is 0 Å². The Bertz CT molecular complexity index is 206. The molecule has 1 rings (SSSR count). The van der Waals surface area contributed by atoms with Crippen LogP contribution in [0.25, 0.3) is 0 Å². The zero-order valence-electron chi connectivity index (χ0n) is 7.46. The van der Waals surface area contributed by atoms with E-state index in [-0.39, 0.29) is 0 Å². The van der Waals surface area contributed by atoms with E-state index >= 15 is 0 Å². The maximum absolute atomic E-state index is 5.72. The first-order valence-corrected chi connectivity index (χ1v) is 4.96. The van der Waals surface area contributed by atoms with Crippen molar-refractivity contribution in [1.82, 2.24) is 0 Å². The first kappa shape index (κ1) is 9.60. The number of halogens is 1. The third-order valence-electron chi connectivity index (χ3n) is 2.03. The van der Waals surface area contributed by atoms with Gasteiger partial charge in [0.15, 0.2) is 0 Å². The Morgan fingerprint density at radius 2 is 1.92 bits per heavy atom. The van der Waals surface area contributed by atoms with Crippen molar-refractivity contribution >= 4 is 11.6 Å². The molecule has 0 N–H and O–H groups in total. The summed E-state index contributed by atoms with van der Waals surface area (Å²) in [6, 6.07) is 10.6. The maximum Gasteiger partial charge on any atom is 0.0249 e. The highest BCUT2D eigenvalue weighted by molar-refractivity contribution is 6.18. The van der Waals surface area contributed by atoms with Crippen LogP contribution in [0, 0.1) is 5.92 Å². The van der Waals surface area contributed by atoms with Gasteiger partial charge in [0.2, 0.25) is 0 Å². The Morgan fingerprint density at radius 3 is 2.50 bits per heavy atom. The van der Waals surface area contributed by atoms with Crippen LogP contribution in [0.15, 0.2) is 30.3 Å². The van der Waals surface area contributed by atoms with Crippen LogP contribution in [0.5, 0.6) is 0 Å². The SMILES string of the molecule is CC(CCl)CCc1ccccc1. The maximum atomic E-state index is 5.72. The lowest BCUT2D eigenvalue weighted by Gasteiger charge is -2.06. The molecular weight excluding hydrogens is 168 g/mol. The average molecular weight is 183 g/mol. The number of hydrogen-bond donors (Lipinski definition) is 0. The second-order valence-electron chi connectivity index (χ2n) is 3.28. The molecule has 0 aliphatic rings. The van der Waals surface area contributed by atoms with E-state index in [0.717, 1.165) is 12.3 Å². The summed E-state index contributed by atoms with van der Waals surface area (Å²) in [4.78, 5) is 0. The van der Waals surface area contributed by atoms with Crippen molar-refractivity contribution in [3.8, 4) is 0 Å². The third-order valence-corrected chi connectivity index (χ3v) is 2.56. The summed E-state index contributed by atoms with van der Waals surface area (Å²) in [5.74, 6) is 1.40. The molecule has 0 aromatic heterocycles. The first-order valence-electron chi connectivity index (χ1n) is 4.43. The van der Waals surface area contributed by atoms with Gasteiger partial charge in [0, 0.05) is 5.88 Å². The molecule has 0 nitrogen and oxygen atoms in total. The highest BCUT2D eigenvalue weighted by Gasteiger charge is 1.99. The summed E-state index contributed by atoms with van der Waals surface area (Å²) < 4.78 is 0. The molecule has 0 fully saturated rings. The molecule has 0 aliphatic carbocycles. The topological polar surface area (TPSA) is 0 Å². The van der Waals surface area contributed by atoms with E-state index in [1.54, 1.807) is 0 Å². The van der Waals surface area contributed by atoms with Gasteiger partial charge in [0.1, 0.15) is 0 Å². The van der Waals surface area contributed by atoms with Crippen LogP contribution in [-0.2, 0) is 6.42 Å². The smallest absolute Gasteiger partial charge is 0.0249 e. The van der Waals surface area contributed by atoms with Gasteiger partial charge in [-0.25, -0.2) is 0 Å². The average Bonchev–Trinajstić information content (AvgIpc) is 2.16. The van der Waals surface area contributed by atoms with Gasteiger partial charge in [-0.05, 0) is 24.3 Å². The second-order valence-corrected chi connectivity index (χ2v) is 3.59. The van der Waals surface area contributed by atoms with Crippen molar-refractivity contribution in [3.05, 3.63) is 35.9 Å². The fourth-order valence-electron chi connectivity index (χ4n) is 1.13. The van der Waals surface area contributed by atoms with Gasteiger partial charge in [-0.1, -0.05) is 37.3 Å². The van der Waals surface area contributed by atoms with E-state index in [1.807, 2.05) is 0 Å². The molecule has 12 heavy (non-hydrogen) atoms. The lowest BCUT2D eigenvalue weighted by Crippen LogP contribution is -1.98. The van der Waals surface area contributed by atoms with Crippen LogP contribution in [0.3, 0.4) is 0 Å². The Hall–Kier alpha value is -0.490. The molecule has 66 valence electrons. The molecule has 0 radical (unpaired) electrons. The largest absolute Gasteiger partial charge is 0.126 e. The minimum atomic E-state index is 0.631. The van der Waals surface area contributed by atoms with Crippen LogP contribution in [-0.4, -0.2) is 5.88 Å². The Labute approximate surface area is 79.6 Å². The van der Waals surface area contributed by atoms with Crippen molar-refractivity contribution in [2.75, 3.05) is 5.88 Å². The molecule has 0 saturated carbocycles. The standard InChI is InChI=1S/C11H15Cl/c1-10(9-12)7-8-11-5-3-2-4-6-11/h2-6,10H,7-9H2,1H3. The zero-order valence-corrected chi connectivity index (χ0v) is 8.22. The van der Waals surface area contributed by atoms with Gasteiger partial charge < -0.3 is 0 Å². The van der Waals surface area contributed by atoms with E-state index in [4.69, 9.17) is 11.6 Å². The molecule has 1 aromatic carbocycles. The number of hydrogen-bond acceptors (Lipinski definition) is 0. The molecule has 0 saturated heterocycles. The van der Waals surface area contributed by atoms with Crippen LogP contribution < -0.4 is 0 Å². The molecule has 1 atom stereocenters. The van der Waals surface area contributed by atoms with Gasteiger partial charge in [0.25, 0.3) is 0 Å². The van der Waals surface area contributed by atoms with Crippen molar-refractivity contribution < 1.29 is 0 Å². The summed E-state index contributed by atoms with van der Waals surface area (Å²) in [6.45, 7) is 2.19. The fourth-order valence-corrected chi connectivity index (χ4v) is 1.29. The predicted molar refractivity (Wildman–Crippen MR) is 54.6 cm³/mol. The lowest BCUT2D eigenvalue weighted by atomic mass is 10.0. The molecule has 1 heteroatoms. The van der Waals surface area contributed by atoms with Crippen molar-refractivity contribution in [1.29, 1.82) is 0 Å². The molecule has 0 spiro atoms. The Kier molecular flexibility index (Phi) is 4.16. The van der Waals surface area contributed by atoms with Gasteiger partial charge in [-0.2, -0.15) is 0 Å². The number of rotatable bonds is 4. The highest BCUT2D eigenvalue weighted by atomic mass is 35.5. The Morgan fingerprint density at radius 1 is 1.25 bits per heavy atom. The van der Waals surface area contributed by atoms with Gasteiger partial charge in [0.05, 0.1) is 0 Å². The van der Waals surface area contributed by atoms with Crippen molar-refractivity contribution in [2.24, 2.45) is 5.92 Å². The van der Waals surface area contributed by atoms with E-state index in [0.29, 0.717) is 5.92 Å².